The molecule has 1 unspecified atom stereocenters. The number of aliphatic hydroxyl groups excluding tert-OH is 2. The number of carbonyl (C=O) groups excluding carboxylic acids is 1. The largest absolute Gasteiger partial charge is 0.463 e. The van der Waals surface area contributed by atoms with Gasteiger partial charge in [-0.3, -0.25) is 4.98 Å². The molecule has 1 aliphatic rings. The second-order valence-corrected chi connectivity index (χ2v) is 8.67. The van der Waals surface area contributed by atoms with Crippen LogP contribution in [0.25, 0.3) is 5.69 Å². The predicted octanol–water partition coefficient (Wildman–Crippen LogP) is 2.80. The molecule has 3 aromatic rings. The maximum Gasteiger partial charge on any atom is 0.418 e. The summed E-state index contributed by atoms with van der Waals surface area (Å²) in [5.74, 6) is -2.37. The fraction of sp³-hybridized carbons (Fsp3) is 0.318. The number of halogens is 7. The monoisotopic (exact) mass is 593 g/mol. The Labute approximate surface area is 225 Å². The number of aliphatic hydroxyl groups is 2. The summed E-state index contributed by atoms with van der Waals surface area (Å²) in [7, 11) is 0.964. The zero-order valence-electron chi connectivity index (χ0n) is 20.1. The van der Waals surface area contributed by atoms with Crippen molar-refractivity contribution in [2.24, 2.45) is 5.10 Å². The van der Waals surface area contributed by atoms with E-state index in [1.165, 1.54) is 24.3 Å². The van der Waals surface area contributed by atoms with Gasteiger partial charge in [0.1, 0.15) is 6.54 Å². The Kier molecular flexibility index (Phi) is 7.91. The third-order valence-electron chi connectivity index (χ3n) is 5.55. The molecule has 0 radical (unpaired) electrons. The fourth-order valence-corrected chi connectivity index (χ4v) is 3.79. The molecule has 0 saturated heterocycles. The molecule has 18 heteroatoms. The lowest BCUT2D eigenvalue weighted by atomic mass is 10.2. The number of β-amino-alcohol motifs (C(OH)–C–C–N with tert-alkyl or cyclic N) is 1. The Morgan fingerprint density at radius 1 is 1.15 bits per heavy atom. The number of hydrazone groups is 1. The Balaban J connectivity index is 1.73. The second-order valence-electron chi connectivity index (χ2n) is 8.23. The predicted molar refractivity (Wildman–Crippen MR) is 124 cm³/mol. The quantitative estimate of drug-likeness (QED) is 0.314. The van der Waals surface area contributed by atoms with Crippen molar-refractivity contribution in [1.29, 1.82) is 0 Å². The summed E-state index contributed by atoms with van der Waals surface area (Å²) in [6, 6.07) is 6.33. The van der Waals surface area contributed by atoms with E-state index in [0.717, 1.165) is 29.4 Å². The van der Waals surface area contributed by atoms with Gasteiger partial charge in [0.05, 0.1) is 31.1 Å². The van der Waals surface area contributed by atoms with Crippen LogP contribution in [-0.4, -0.2) is 84.0 Å². The number of methoxy groups -OCH3 is 1. The first-order chi connectivity index (χ1) is 18.7. The molecule has 2 aromatic heterocycles. The van der Waals surface area contributed by atoms with Crippen molar-refractivity contribution >= 4 is 23.4 Å². The number of nitrogens with zero attached hydrogens (tertiary/aromatic N) is 7. The highest BCUT2D eigenvalue weighted by Gasteiger charge is 2.44. The number of carbonyl (C=O) groups is 1. The summed E-state index contributed by atoms with van der Waals surface area (Å²) in [5, 5.41) is 29.7. The number of alkyl halides is 6. The van der Waals surface area contributed by atoms with Crippen molar-refractivity contribution in [3.63, 3.8) is 0 Å². The molecule has 11 nitrogen and oxygen atoms in total. The minimum absolute atomic E-state index is 0.188. The van der Waals surface area contributed by atoms with E-state index in [-0.39, 0.29) is 17.2 Å². The van der Waals surface area contributed by atoms with Crippen LogP contribution in [0.1, 0.15) is 27.6 Å². The molecule has 0 bridgehead atoms. The van der Waals surface area contributed by atoms with Crippen LogP contribution in [0, 0.1) is 0 Å². The minimum atomic E-state index is -5.02. The minimum Gasteiger partial charge on any atom is -0.463 e. The molecule has 2 atom stereocenters. The van der Waals surface area contributed by atoms with Gasteiger partial charge in [-0.15, -0.1) is 5.10 Å². The van der Waals surface area contributed by atoms with Crippen LogP contribution in [0.4, 0.5) is 26.3 Å². The smallest absolute Gasteiger partial charge is 0.418 e. The first kappa shape index (κ1) is 29.0. The number of amidine groups is 1. The third-order valence-corrected chi connectivity index (χ3v) is 5.80. The van der Waals surface area contributed by atoms with Crippen LogP contribution in [0.3, 0.4) is 0 Å². The topological polar surface area (TPSA) is 129 Å². The highest BCUT2D eigenvalue weighted by molar-refractivity contribution is 6.30. The molecule has 40 heavy (non-hydrogen) atoms. The lowest BCUT2D eigenvalue weighted by Gasteiger charge is -2.29. The third kappa shape index (κ3) is 5.95. The molecule has 0 saturated carbocycles. The molecule has 214 valence electrons. The van der Waals surface area contributed by atoms with Gasteiger partial charge in [-0.05, 0) is 30.3 Å². The first-order valence-electron chi connectivity index (χ1n) is 11.1. The number of aromatic nitrogens is 4. The lowest BCUT2D eigenvalue weighted by Crippen LogP contribution is -2.49. The molecular formula is C22H18ClF6N7O4. The van der Waals surface area contributed by atoms with E-state index in [1.807, 2.05) is 0 Å². The average molecular weight is 594 g/mol. The first-order valence-corrected chi connectivity index (χ1v) is 11.4. The number of ether oxygens (including phenoxy) is 1. The van der Waals surface area contributed by atoms with Crippen LogP contribution in [0.2, 0.25) is 5.02 Å². The van der Waals surface area contributed by atoms with Gasteiger partial charge < -0.3 is 19.8 Å². The Morgan fingerprint density at radius 2 is 1.82 bits per heavy atom. The van der Waals surface area contributed by atoms with Crippen molar-refractivity contribution in [1.82, 2.24) is 29.7 Å². The average Bonchev–Trinajstić information content (AvgIpc) is 3.44. The maximum absolute atomic E-state index is 13.6. The molecule has 1 aromatic carbocycles. The summed E-state index contributed by atoms with van der Waals surface area (Å²) in [6.45, 7) is -1.71. The van der Waals surface area contributed by atoms with Crippen LogP contribution >= 0.6 is 11.6 Å². The molecule has 2 N–H and O–H groups in total. The number of esters is 1. The maximum atomic E-state index is 13.6. The van der Waals surface area contributed by atoms with E-state index in [2.05, 4.69) is 24.9 Å². The summed E-state index contributed by atoms with van der Waals surface area (Å²) in [6.07, 6.45) is -13.0. The zero-order valence-corrected chi connectivity index (χ0v) is 20.9. The SMILES string of the molecule is COC(=O)c1nc(CN2N=C(c3ccc(Cl)cc3)N(C[C@H](O)C(F)(F)F)C2O)nn1-c1cnccc1C(F)(F)F. The zero-order chi connectivity index (χ0) is 29.4. The molecule has 1 aliphatic heterocycles. The van der Waals surface area contributed by atoms with Gasteiger partial charge in [0.15, 0.2) is 17.8 Å². The van der Waals surface area contributed by atoms with E-state index in [4.69, 9.17) is 11.6 Å². The summed E-state index contributed by atoms with van der Waals surface area (Å²) >= 11 is 5.87. The molecule has 0 spiro atoms. The van der Waals surface area contributed by atoms with Gasteiger partial charge in [0.25, 0.3) is 0 Å². The standard InChI is InChI=1S/C22H18ClF6N7O4/c1-40-19(38)18-31-16(32-36(18)14-8-30-7-6-13(14)21(24,25)26)10-35-20(39)34(9-15(37)22(27,28)29)17(33-35)11-2-4-12(23)5-3-11/h2-8,15,20,37,39H,9-10H2,1H3/t15-,20?/m0/s1. The number of hydrogen-bond donors (Lipinski definition) is 2. The van der Waals surface area contributed by atoms with Gasteiger partial charge in [0, 0.05) is 16.8 Å². The van der Waals surface area contributed by atoms with Crippen LogP contribution in [-0.2, 0) is 17.5 Å². The Bertz CT molecular complexity index is 1410. The molecule has 0 amide bonds. The van der Waals surface area contributed by atoms with Crippen LogP contribution in [0.5, 0.6) is 0 Å². The highest BCUT2D eigenvalue weighted by Crippen LogP contribution is 2.34. The van der Waals surface area contributed by atoms with Crippen molar-refractivity contribution in [3.05, 3.63) is 70.5 Å². The second kappa shape index (κ2) is 10.9. The van der Waals surface area contributed by atoms with Gasteiger partial charge in [-0.2, -0.15) is 31.4 Å². The van der Waals surface area contributed by atoms with Crippen molar-refractivity contribution in [2.45, 2.75) is 31.4 Å². The number of rotatable bonds is 7. The van der Waals surface area contributed by atoms with E-state index >= 15 is 0 Å². The Hall–Kier alpha value is -3.96. The number of pyridine rings is 1. The molecule has 4 rings (SSSR count). The van der Waals surface area contributed by atoms with Crippen LogP contribution in [0.15, 0.2) is 47.8 Å². The molecule has 3 heterocycles. The molecule has 0 aliphatic carbocycles. The van der Waals surface area contributed by atoms with E-state index < -0.39 is 60.9 Å². The highest BCUT2D eigenvalue weighted by atomic mass is 35.5. The Morgan fingerprint density at radius 3 is 2.42 bits per heavy atom. The lowest BCUT2D eigenvalue weighted by molar-refractivity contribution is -0.212. The van der Waals surface area contributed by atoms with Gasteiger partial charge in [-0.25, -0.2) is 19.5 Å². The number of benzene rings is 1. The summed E-state index contributed by atoms with van der Waals surface area (Å²) in [5.41, 5.74) is -1.63. The van der Waals surface area contributed by atoms with E-state index in [1.54, 1.807) is 0 Å². The number of hydrogen-bond acceptors (Lipinski definition) is 10. The van der Waals surface area contributed by atoms with Crippen molar-refractivity contribution in [3.8, 4) is 5.69 Å². The fourth-order valence-electron chi connectivity index (χ4n) is 3.66. The van der Waals surface area contributed by atoms with Gasteiger partial charge >= 0.3 is 18.3 Å². The molecular weight excluding hydrogens is 576 g/mol. The van der Waals surface area contributed by atoms with Gasteiger partial charge in [0.2, 0.25) is 12.2 Å². The summed E-state index contributed by atoms with van der Waals surface area (Å²) in [4.78, 5) is 20.6. The normalized spacial score (nSPS) is 16.8. The molecule has 0 fully saturated rings. The summed E-state index contributed by atoms with van der Waals surface area (Å²) < 4.78 is 85.3. The van der Waals surface area contributed by atoms with Crippen LogP contribution < -0.4 is 0 Å². The van der Waals surface area contributed by atoms with E-state index in [9.17, 15) is 41.4 Å². The van der Waals surface area contributed by atoms with E-state index in [0.29, 0.717) is 15.8 Å². The van der Waals surface area contributed by atoms with Crippen molar-refractivity contribution < 1.29 is 46.1 Å². The van der Waals surface area contributed by atoms with Gasteiger partial charge in [-0.1, -0.05) is 11.6 Å². The van der Waals surface area contributed by atoms with Crippen molar-refractivity contribution in [2.75, 3.05) is 13.7 Å².